The van der Waals surface area contributed by atoms with Crippen LogP contribution < -0.4 is 5.32 Å². The van der Waals surface area contributed by atoms with E-state index in [1.54, 1.807) is 17.0 Å². The van der Waals surface area contributed by atoms with Crippen molar-refractivity contribution in [3.05, 3.63) is 67.9 Å². The Morgan fingerprint density at radius 2 is 1.61 bits per heavy atom. The number of nitrogens with one attached hydrogen (secondary N) is 1. The maximum atomic E-state index is 13.9. The summed E-state index contributed by atoms with van der Waals surface area (Å²) in [6, 6.07) is 9.03. The third kappa shape index (κ3) is 4.96. The van der Waals surface area contributed by atoms with Crippen LogP contribution in [-0.2, 0) is 6.54 Å². The predicted octanol–water partition coefficient (Wildman–Crippen LogP) is 4.56. The Morgan fingerprint density at radius 1 is 1.00 bits per heavy atom. The quantitative estimate of drug-likeness (QED) is 0.688. The summed E-state index contributed by atoms with van der Waals surface area (Å²) < 4.78 is 14.7. The van der Waals surface area contributed by atoms with Crippen molar-refractivity contribution in [3.8, 4) is 0 Å². The highest BCUT2D eigenvalue weighted by molar-refractivity contribution is 9.10. The average Bonchev–Trinajstić information content (AvgIpc) is 2.68. The van der Waals surface area contributed by atoms with Crippen molar-refractivity contribution in [2.45, 2.75) is 6.54 Å². The maximum Gasteiger partial charge on any atom is 0.317 e. The van der Waals surface area contributed by atoms with Gasteiger partial charge in [-0.15, -0.1) is 0 Å². The van der Waals surface area contributed by atoms with E-state index in [4.69, 9.17) is 23.2 Å². The smallest absolute Gasteiger partial charge is 0.317 e. The molecule has 1 fully saturated rings. The standard InChI is InChI=1S/C19H17BrCl2FN3O2/c20-16-10-14(22)2-1-12(16)11-24-19(28)26-7-5-25(6-8-26)18(27)15-9-13(21)3-4-17(15)23/h1-4,9-10H,5-8,11H2,(H,24,28). The molecule has 0 bridgehead atoms. The highest BCUT2D eigenvalue weighted by atomic mass is 79.9. The molecule has 0 saturated carbocycles. The zero-order valence-electron chi connectivity index (χ0n) is 14.7. The van der Waals surface area contributed by atoms with E-state index < -0.39 is 11.7 Å². The van der Waals surface area contributed by atoms with E-state index >= 15 is 0 Å². The Labute approximate surface area is 180 Å². The minimum absolute atomic E-state index is 0.0574. The first-order chi connectivity index (χ1) is 13.3. The van der Waals surface area contributed by atoms with Gasteiger partial charge in [0.05, 0.1) is 5.56 Å². The largest absolute Gasteiger partial charge is 0.335 e. The van der Waals surface area contributed by atoms with E-state index in [9.17, 15) is 14.0 Å². The van der Waals surface area contributed by atoms with Gasteiger partial charge >= 0.3 is 6.03 Å². The van der Waals surface area contributed by atoms with Crippen LogP contribution in [0.4, 0.5) is 9.18 Å². The van der Waals surface area contributed by atoms with Crippen molar-refractivity contribution in [2.75, 3.05) is 26.2 Å². The van der Waals surface area contributed by atoms with Gasteiger partial charge in [0, 0.05) is 47.2 Å². The molecule has 1 saturated heterocycles. The predicted molar refractivity (Wildman–Crippen MR) is 110 cm³/mol. The first-order valence-electron chi connectivity index (χ1n) is 8.56. The molecule has 148 valence electrons. The van der Waals surface area contributed by atoms with Gasteiger partial charge in [-0.1, -0.05) is 45.2 Å². The molecular formula is C19H17BrCl2FN3O2. The molecule has 1 aliphatic rings. The molecule has 0 atom stereocenters. The molecule has 9 heteroatoms. The second-order valence-electron chi connectivity index (χ2n) is 6.30. The number of urea groups is 1. The second-order valence-corrected chi connectivity index (χ2v) is 8.03. The molecule has 0 radical (unpaired) electrons. The minimum Gasteiger partial charge on any atom is -0.335 e. The Kier molecular flexibility index (Phi) is 6.80. The van der Waals surface area contributed by atoms with Crippen LogP contribution in [0, 0.1) is 5.82 Å². The molecule has 3 rings (SSSR count). The van der Waals surface area contributed by atoms with Gasteiger partial charge in [0.25, 0.3) is 5.91 Å². The second kappa shape index (κ2) is 9.11. The molecule has 1 aliphatic heterocycles. The van der Waals surface area contributed by atoms with Gasteiger partial charge in [-0.2, -0.15) is 0 Å². The third-order valence-electron chi connectivity index (χ3n) is 4.46. The molecule has 1 heterocycles. The number of halogens is 4. The number of piperazine rings is 1. The summed E-state index contributed by atoms with van der Waals surface area (Å²) in [6.07, 6.45) is 0. The Morgan fingerprint density at radius 3 is 2.29 bits per heavy atom. The molecule has 1 N–H and O–H groups in total. The van der Waals surface area contributed by atoms with Crippen molar-refractivity contribution in [1.82, 2.24) is 15.1 Å². The zero-order valence-corrected chi connectivity index (χ0v) is 17.8. The summed E-state index contributed by atoms with van der Waals surface area (Å²) in [6.45, 7) is 1.72. The lowest BCUT2D eigenvalue weighted by atomic mass is 10.1. The van der Waals surface area contributed by atoms with Crippen LogP contribution in [0.5, 0.6) is 0 Å². The Bertz CT molecular complexity index is 905. The first-order valence-corrected chi connectivity index (χ1v) is 10.1. The molecule has 28 heavy (non-hydrogen) atoms. The van der Waals surface area contributed by atoms with Crippen LogP contribution in [0.25, 0.3) is 0 Å². The normalized spacial score (nSPS) is 14.1. The molecular weight excluding hydrogens is 472 g/mol. The molecule has 0 spiro atoms. The van der Waals surface area contributed by atoms with Crippen molar-refractivity contribution in [1.29, 1.82) is 0 Å². The molecule has 3 amide bonds. The molecule has 0 aromatic heterocycles. The highest BCUT2D eigenvalue weighted by Crippen LogP contribution is 2.21. The molecule has 0 aliphatic carbocycles. The fraction of sp³-hybridized carbons (Fsp3) is 0.263. The van der Waals surface area contributed by atoms with E-state index in [1.165, 1.54) is 23.1 Å². The number of carbonyl (C=O) groups excluding carboxylic acids is 2. The van der Waals surface area contributed by atoms with Gasteiger partial charge in [-0.05, 0) is 35.9 Å². The molecule has 2 aromatic rings. The van der Waals surface area contributed by atoms with Crippen molar-refractivity contribution in [3.63, 3.8) is 0 Å². The molecule has 2 aromatic carbocycles. The number of amides is 3. The van der Waals surface area contributed by atoms with Gasteiger partial charge in [0.15, 0.2) is 0 Å². The van der Waals surface area contributed by atoms with Crippen LogP contribution in [0.1, 0.15) is 15.9 Å². The third-order valence-corrected chi connectivity index (χ3v) is 5.67. The van der Waals surface area contributed by atoms with E-state index in [2.05, 4.69) is 21.2 Å². The van der Waals surface area contributed by atoms with Gasteiger partial charge in [0.1, 0.15) is 5.82 Å². The number of hydrogen-bond donors (Lipinski definition) is 1. The molecule has 0 unspecified atom stereocenters. The van der Waals surface area contributed by atoms with Crippen LogP contribution in [0.15, 0.2) is 40.9 Å². The van der Waals surface area contributed by atoms with Gasteiger partial charge in [-0.3, -0.25) is 4.79 Å². The highest BCUT2D eigenvalue weighted by Gasteiger charge is 2.26. The van der Waals surface area contributed by atoms with Crippen LogP contribution >= 0.6 is 39.1 Å². The molecule has 5 nitrogen and oxygen atoms in total. The fourth-order valence-electron chi connectivity index (χ4n) is 2.89. The van der Waals surface area contributed by atoms with Gasteiger partial charge in [-0.25, -0.2) is 9.18 Å². The Hall–Kier alpha value is -1.83. The Balaban J connectivity index is 1.53. The van der Waals surface area contributed by atoms with Crippen molar-refractivity contribution >= 4 is 51.1 Å². The van der Waals surface area contributed by atoms with E-state index in [-0.39, 0.29) is 11.6 Å². The van der Waals surface area contributed by atoms with Crippen LogP contribution in [0.2, 0.25) is 10.0 Å². The first kappa shape index (κ1) is 20.9. The number of rotatable bonds is 3. The van der Waals surface area contributed by atoms with E-state index in [1.807, 2.05) is 6.07 Å². The summed E-state index contributed by atoms with van der Waals surface area (Å²) in [5.74, 6) is -1.03. The minimum atomic E-state index is -0.608. The summed E-state index contributed by atoms with van der Waals surface area (Å²) in [5.41, 5.74) is 0.848. The monoisotopic (exact) mass is 487 g/mol. The number of carbonyl (C=O) groups is 2. The van der Waals surface area contributed by atoms with Gasteiger partial charge in [0.2, 0.25) is 0 Å². The summed E-state index contributed by atoms with van der Waals surface area (Å²) in [5, 5.41) is 3.77. The van der Waals surface area contributed by atoms with Gasteiger partial charge < -0.3 is 15.1 Å². The zero-order chi connectivity index (χ0) is 20.3. The fourth-order valence-corrected chi connectivity index (χ4v) is 3.89. The SMILES string of the molecule is O=C(NCc1ccc(Cl)cc1Br)N1CCN(C(=O)c2cc(Cl)ccc2F)CC1. The van der Waals surface area contributed by atoms with E-state index in [0.29, 0.717) is 42.8 Å². The summed E-state index contributed by atoms with van der Waals surface area (Å²) in [7, 11) is 0. The maximum absolute atomic E-state index is 13.9. The summed E-state index contributed by atoms with van der Waals surface area (Å²) in [4.78, 5) is 28.1. The topological polar surface area (TPSA) is 52.7 Å². The van der Waals surface area contributed by atoms with Crippen LogP contribution in [-0.4, -0.2) is 47.9 Å². The number of hydrogen-bond acceptors (Lipinski definition) is 2. The van der Waals surface area contributed by atoms with Crippen molar-refractivity contribution < 1.29 is 14.0 Å². The number of benzene rings is 2. The van der Waals surface area contributed by atoms with Crippen molar-refractivity contribution in [2.24, 2.45) is 0 Å². The lowest BCUT2D eigenvalue weighted by molar-refractivity contribution is 0.0660. The van der Waals surface area contributed by atoms with Crippen LogP contribution in [0.3, 0.4) is 0 Å². The number of nitrogens with zero attached hydrogens (tertiary/aromatic N) is 2. The average molecular weight is 489 g/mol. The van der Waals surface area contributed by atoms with E-state index in [0.717, 1.165) is 10.0 Å². The summed E-state index contributed by atoms with van der Waals surface area (Å²) >= 11 is 15.2. The lowest BCUT2D eigenvalue weighted by Crippen LogP contribution is -2.53. The lowest BCUT2D eigenvalue weighted by Gasteiger charge is -2.34.